The zero-order chi connectivity index (χ0) is 21.9. The van der Waals surface area contributed by atoms with Crippen LogP contribution >= 0.6 is 0 Å². The SMILES string of the molecule is CC1(C)CC=C(B(O)O)CC1.NC(N)=N[N+](=O)[O-].[C-]#[N+]C1=CCC(C(=O)[O-])=C1.[K+]. The maximum Gasteiger partial charge on any atom is 1.00 e. The molecule has 0 saturated carbocycles. The minimum atomic E-state index is -1.23. The number of carboxylic acid groups (broad SMARTS) is 1. The molecule has 0 heterocycles. The summed E-state index contributed by atoms with van der Waals surface area (Å²) in [6.07, 6.45) is 8.01. The van der Waals surface area contributed by atoms with E-state index >= 15 is 0 Å². The van der Waals surface area contributed by atoms with E-state index in [4.69, 9.17) is 16.6 Å². The Morgan fingerprint density at radius 1 is 1.38 bits per heavy atom. The summed E-state index contributed by atoms with van der Waals surface area (Å²) in [6.45, 7) is 10.9. The van der Waals surface area contributed by atoms with Crippen molar-refractivity contribution in [3.05, 3.63) is 56.5 Å². The van der Waals surface area contributed by atoms with Crippen LogP contribution < -0.4 is 68.0 Å². The second-order valence-electron chi connectivity index (χ2n) is 6.69. The van der Waals surface area contributed by atoms with Crippen molar-refractivity contribution in [3.63, 3.8) is 0 Å². The summed E-state index contributed by atoms with van der Waals surface area (Å²) in [5, 5.41) is 38.6. The molecule has 0 saturated heterocycles. The van der Waals surface area contributed by atoms with Gasteiger partial charge >= 0.3 is 58.5 Å². The third kappa shape index (κ3) is 14.1. The number of nitrogens with two attached hydrogens (primary N) is 2. The predicted octanol–water partition coefficient (Wildman–Crippen LogP) is -3.54. The summed E-state index contributed by atoms with van der Waals surface area (Å²) in [5.41, 5.74) is 10.9. The topological polar surface area (TPSA) is 192 Å². The van der Waals surface area contributed by atoms with Gasteiger partial charge in [0.15, 0.2) is 10.7 Å². The number of hydrogen-bond acceptors (Lipinski definition) is 6. The molecule has 0 aromatic rings. The Morgan fingerprint density at radius 2 is 1.97 bits per heavy atom. The Morgan fingerprint density at radius 3 is 2.21 bits per heavy atom. The van der Waals surface area contributed by atoms with Crippen LogP contribution in [0.4, 0.5) is 0 Å². The van der Waals surface area contributed by atoms with Crippen LogP contribution in [0.2, 0.25) is 0 Å². The number of nitro groups is 1. The van der Waals surface area contributed by atoms with E-state index in [1.54, 1.807) is 6.08 Å². The largest absolute Gasteiger partial charge is 1.00 e. The third-order valence-electron chi connectivity index (χ3n) is 3.78. The van der Waals surface area contributed by atoms with E-state index in [0.29, 0.717) is 17.5 Å². The first-order valence-corrected chi connectivity index (χ1v) is 8.16. The Bertz CT molecular complexity index is 751. The fraction of sp³-hybridized carbons (Fsp3) is 0.438. The molecule has 0 aliphatic heterocycles. The number of rotatable bonds is 3. The molecular formula is C16H23BKN5O6. The number of hydrogen-bond donors (Lipinski definition) is 4. The van der Waals surface area contributed by atoms with Crippen LogP contribution in [0.25, 0.3) is 4.85 Å². The zero-order valence-corrected chi connectivity index (χ0v) is 19.8. The van der Waals surface area contributed by atoms with Crippen LogP contribution in [0.3, 0.4) is 0 Å². The number of carbonyl (C=O) groups excluding carboxylic acids is 1. The molecule has 0 unspecified atom stereocenters. The van der Waals surface area contributed by atoms with E-state index in [9.17, 15) is 20.0 Å². The monoisotopic (exact) mass is 431 g/mol. The molecule has 2 rings (SSSR count). The number of carboxylic acids is 1. The molecular weight excluding hydrogens is 408 g/mol. The Hall–Kier alpha value is -1.53. The van der Waals surface area contributed by atoms with Crippen molar-refractivity contribution in [1.29, 1.82) is 0 Å². The summed E-state index contributed by atoms with van der Waals surface area (Å²) in [4.78, 5) is 22.5. The fourth-order valence-corrected chi connectivity index (χ4v) is 2.15. The van der Waals surface area contributed by atoms with Crippen LogP contribution in [-0.2, 0) is 4.79 Å². The third-order valence-corrected chi connectivity index (χ3v) is 3.78. The van der Waals surface area contributed by atoms with Crippen molar-refractivity contribution in [2.45, 2.75) is 39.5 Å². The van der Waals surface area contributed by atoms with Gasteiger partial charge in [-0.25, -0.2) is 15.0 Å². The average Bonchev–Trinajstić information content (AvgIpc) is 3.03. The molecule has 0 aromatic carbocycles. The van der Waals surface area contributed by atoms with Gasteiger partial charge in [0.25, 0.3) is 5.96 Å². The van der Waals surface area contributed by atoms with Crippen molar-refractivity contribution in [3.8, 4) is 0 Å². The van der Waals surface area contributed by atoms with Gasteiger partial charge in [0, 0.05) is 0 Å². The normalized spacial score (nSPS) is 15.8. The summed E-state index contributed by atoms with van der Waals surface area (Å²) < 4.78 is 0. The van der Waals surface area contributed by atoms with Gasteiger partial charge in [0.2, 0.25) is 0 Å². The second-order valence-corrected chi connectivity index (χ2v) is 6.69. The van der Waals surface area contributed by atoms with Crippen molar-refractivity contribution in [2.24, 2.45) is 22.0 Å². The van der Waals surface area contributed by atoms with Gasteiger partial charge in [0.05, 0.1) is 17.6 Å². The predicted molar refractivity (Wildman–Crippen MR) is 101 cm³/mol. The maximum absolute atomic E-state index is 10.1. The Balaban J connectivity index is 0. The molecule has 152 valence electrons. The van der Waals surface area contributed by atoms with E-state index in [2.05, 4.69) is 35.3 Å². The number of hydrazone groups is 1. The molecule has 2 aliphatic rings. The number of guanidine groups is 1. The molecule has 0 fully saturated rings. The number of aliphatic carboxylic acids is 1. The van der Waals surface area contributed by atoms with Crippen LogP contribution in [-0.4, -0.2) is 34.1 Å². The summed E-state index contributed by atoms with van der Waals surface area (Å²) in [6, 6.07) is 0. The van der Waals surface area contributed by atoms with Gasteiger partial charge < -0.3 is 31.4 Å². The summed E-state index contributed by atoms with van der Waals surface area (Å²) in [5.74, 6) is -1.72. The average molecular weight is 431 g/mol. The van der Waals surface area contributed by atoms with E-state index in [-0.39, 0.29) is 57.0 Å². The molecule has 0 atom stereocenters. The standard InChI is InChI=1S/C8H15BO2.C7H5NO2.CH4N4O2.K/c1-8(2)5-3-7(4-6-8)9(10)11;1-8-6-3-2-5(4-6)7(9)10;2-1(3)4-5(6)7;/h3,10-11H,4-6H2,1-2H3;3-4H,2H2,(H,9,10);(H4,2,3,4);/q;;;+1/p-1. The van der Waals surface area contributed by atoms with E-state index in [1.165, 1.54) is 6.08 Å². The van der Waals surface area contributed by atoms with Crippen LogP contribution in [0.15, 0.2) is 40.1 Å². The zero-order valence-electron chi connectivity index (χ0n) is 16.7. The smallest absolute Gasteiger partial charge is 0.545 e. The Kier molecular flexibility index (Phi) is 14.8. The van der Waals surface area contributed by atoms with Crippen LogP contribution in [0.5, 0.6) is 0 Å². The maximum atomic E-state index is 10.1. The first kappa shape index (κ1) is 29.7. The van der Waals surface area contributed by atoms with Gasteiger partial charge in [-0.15, -0.1) is 0 Å². The molecule has 13 heteroatoms. The van der Waals surface area contributed by atoms with Gasteiger partial charge in [-0.05, 0) is 42.1 Å². The van der Waals surface area contributed by atoms with Crippen molar-refractivity contribution < 1.29 is 76.4 Å². The summed E-state index contributed by atoms with van der Waals surface area (Å²) >= 11 is 0. The molecule has 29 heavy (non-hydrogen) atoms. The van der Waals surface area contributed by atoms with E-state index in [0.717, 1.165) is 24.7 Å². The van der Waals surface area contributed by atoms with Crippen molar-refractivity contribution >= 4 is 19.0 Å². The number of carbonyl (C=O) groups is 1. The van der Waals surface area contributed by atoms with Gasteiger partial charge in [-0.2, -0.15) is 0 Å². The molecule has 2 aliphatic carbocycles. The fourth-order valence-electron chi connectivity index (χ4n) is 2.15. The molecule has 0 amide bonds. The van der Waals surface area contributed by atoms with E-state index in [1.807, 2.05) is 6.08 Å². The summed E-state index contributed by atoms with van der Waals surface area (Å²) in [7, 11) is -1.23. The quantitative estimate of drug-likeness (QED) is 0.0881. The molecule has 0 aromatic heterocycles. The van der Waals surface area contributed by atoms with Crippen molar-refractivity contribution in [1.82, 2.24) is 0 Å². The Labute approximate surface area is 211 Å². The minimum absolute atomic E-state index is 0. The molecule has 11 nitrogen and oxygen atoms in total. The number of nitrogens with zero attached hydrogens (tertiary/aromatic N) is 3. The molecule has 0 radical (unpaired) electrons. The second kappa shape index (κ2) is 14.5. The molecule has 6 N–H and O–H groups in total. The van der Waals surface area contributed by atoms with E-state index < -0.39 is 24.1 Å². The first-order valence-electron chi connectivity index (χ1n) is 8.16. The molecule has 0 bridgehead atoms. The van der Waals surface area contributed by atoms with Crippen LogP contribution in [0.1, 0.15) is 39.5 Å². The van der Waals surface area contributed by atoms with Crippen LogP contribution in [0, 0.1) is 22.1 Å². The van der Waals surface area contributed by atoms with Gasteiger partial charge in [-0.1, -0.05) is 32.1 Å². The van der Waals surface area contributed by atoms with Crippen molar-refractivity contribution in [2.75, 3.05) is 0 Å². The van der Waals surface area contributed by atoms with Gasteiger partial charge in [-0.3, -0.25) is 0 Å². The van der Waals surface area contributed by atoms with Gasteiger partial charge in [0.1, 0.15) is 0 Å². The minimum Gasteiger partial charge on any atom is -0.545 e. The first-order chi connectivity index (χ1) is 12.9. The molecule has 0 spiro atoms. The number of allylic oxidation sites excluding steroid dienone is 4.